The van der Waals surface area contributed by atoms with Crippen molar-refractivity contribution in [3.05, 3.63) is 22.4 Å². The van der Waals surface area contributed by atoms with Crippen molar-refractivity contribution in [1.29, 1.82) is 0 Å². The highest BCUT2D eigenvalue weighted by molar-refractivity contribution is 9.10. The first-order valence-electron chi connectivity index (χ1n) is 5.04. The van der Waals surface area contributed by atoms with Gasteiger partial charge in [-0.2, -0.15) is 5.10 Å². The Kier molecular flexibility index (Phi) is 4.87. The molecule has 1 aromatic rings. The zero-order valence-corrected chi connectivity index (χ0v) is 11.6. The molecule has 0 aliphatic carbocycles. The Balaban J connectivity index is 3.06. The summed E-state index contributed by atoms with van der Waals surface area (Å²) >= 11 is 9.19. The zero-order valence-electron chi connectivity index (χ0n) is 9.30. The predicted molar refractivity (Wildman–Crippen MR) is 69.3 cm³/mol. The molecule has 0 saturated heterocycles. The Morgan fingerprint density at radius 1 is 1.67 bits per heavy atom. The third-order valence-corrected chi connectivity index (χ3v) is 2.97. The second-order valence-corrected chi connectivity index (χ2v) is 4.98. The number of rotatable bonds is 4. The lowest BCUT2D eigenvalue weighted by Gasteiger charge is -2.11. The monoisotopic (exact) mass is 290 g/mol. The summed E-state index contributed by atoms with van der Waals surface area (Å²) in [6.45, 7) is 6.34. The third kappa shape index (κ3) is 3.08. The maximum atomic E-state index is 5.67. The average Bonchev–Trinajstić information content (AvgIpc) is 2.56. The van der Waals surface area contributed by atoms with Crippen LogP contribution in [0, 0.1) is 0 Å². The van der Waals surface area contributed by atoms with E-state index in [9.17, 15) is 0 Å². The van der Waals surface area contributed by atoms with E-state index >= 15 is 0 Å². The summed E-state index contributed by atoms with van der Waals surface area (Å²) in [5, 5.41) is 4.34. The molecule has 1 aromatic heterocycles. The molecule has 0 saturated carbocycles. The summed E-state index contributed by atoms with van der Waals surface area (Å²) in [7, 11) is 0. The standard InChI is InChI=1S/C11H16BrClN2/c1-8(2)15-11(10(12)7-14-15)9(3)5-4-6-13/h5,7-8H,4,6H2,1-3H3. The van der Waals surface area contributed by atoms with E-state index in [4.69, 9.17) is 11.6 Å². The Morgan fingerprint density at radius 3 is 2.87 bits per heavy atom. The smallest absolute Gasteiger partial charge is 0.0781 e. The number of halogens is 2. The Hall–Kier alpha value is -0.280. The van der Waals surface area contributed by atoms with Gasteiger partial charge in [-0.05, 0) is 48.7 Å². The van der Waals surface area contributed by atoms with Crippen molar-refractivity contribution in [2.45, 2.75) is 33.2 Å². The summed E-state index contributed by atoms with van der Waals surface area (Å²) in [5.41, 5.74) is 2.36. The lowest BCUT2D eigenvalue weighted by atomic mass is 10.2. The third-order valence-electron chi connectivity index (χ3n) is 2.17. The highest BCUT2D eigenvalue weighted by atomic mass is 79.9. The fraction of sp³-hybridized carbons (Fsp3) is 0.545. The molecule has 0 N–H and O–H groups in total. The fourth-order valence-electron chi connectivity index (χ4n) is 1.47. The van der Waals surface area contributed by atoms with Crippen LogP contribution in [0.25, 0.3) is 5.57 Å². The van der Waals surface area contributed by atoms with E-state index in [1.807, 2.05) is 10.9 Å². The van der Waals surface area contributed by atoms with Gasteiger partial charge in [0, 0.05) is 11.9 Å². The highest BCUT2D eigenvalue weighted by Gasteiger charge is 2.12. The van der Waals surface area contributed by atoms with Gasteiger partial charge in [0.15, 0.2) is 0 Å². The van der Waals surface area contributed by atoms with Gasteiger partial charge in [0.25, 0.3) is 0 Å². The molecule has 0 amide bonds. The van der Waals surface area contributed by atoms with Crippen molar-refractivity contribution in [3.8, 4) is 0 Å². The minimum atomic E-state index is 0.366. The Morgan fingerprint density at radius 2 is 2.33 bits per heavy atom. The van der Waals surface area contributed by atoms with Crippen LogP contribution < -0.4 is 0 Å². The highest BCUT2D eigenvalue weighted by Crippen LogP contribution is 2.26. The molecular formula is C11H16BrClN2. The molecule has 0 aliphatic heterocycles. The Labute approximate surface area is 104 Å². The molecular weight excluding hydrogens is 275 g/mol. The molecule has 0 spiro atoms. The molecule has 84 valence electrons. The van der Waals surface area contributed by atoms with E-state index in [-0.39, 0.29) is 0 Å². The molecule has 1 heterocycles. The van der Waals surface area contributed by atoms with Crippen LogP contribution in [-0.4, -0.2) is 15.7 Å². The molecule has 1 rings (SSSR count). The van der Waals surface area contributed by atoms with Gasteiger partial charge in [0.2, 0.25) is 0 Å². The van der Waals surface area contributed by atoms with Crippen LogP contribution in [-0.2, 0) is 0 Å². The Bertz CT molecular complexity index is 355. The molecule has 2 nitrogen and oxygen atoms in total. The topological polar surface area (TPSA) is 17.8 Å². The maximum absolute atomic E-state index is 5.67. The van der Waals surface area contributed by atoms with Crippen molar-refractivity contribution in [2.24, 2.45) is 0 Å². The molecule has 4 heteroatoms. The normalized spacial score (nSPS) is 12.5. The second-order valence-electron chi connectivity index (χ2n) is 3.74. The van der Waals surface area contributed by atoms with Crippen LogP contribution in [0.5, 0.6) is 0 Å². The SMILES string of the molecule is CC(=CCCCl)c1c(Br)cnn1C(C)C. The van der Waals surface area contributed by atoms with Gasteiger partial charge in [0.1, 0.15) is 0 Å². The van der Waals surface area contributed by atoms with E-state index in [2.05, 4.69) is 47.9 Å². The quantitative estimate of drug-likeness (QED) is 0.758. The molecule has 0 unspecified atom stereocenters. The van der Waals surface area contributed by atoms with E-state index < -0.39 is 0 Å². The van der Waals surface area contributed by atoms with Gasteiger partial charge < -0.3 is 0 Å². The molecule has 15 heavy (non-hydrogen) atoms. The number of alkyl halides is 1. The summed E-state index contributed by atoms with van der Waals surface area (Å²) < 4.78 is 3.06. The van der Waals surface area contributed by atoms with Crippen LogP contribution in [0.3, 0.4) is 0 Å². The summed E-state index contributed by atoms with van der Waals surface area (Å²) in [5.74, 6) is 0.658. The summed E-state index contributed by atoms with van der Waals surface area (Å²) in [6, 6.07) is 0.366. The largest absolute Gasteiger partial charge is 0.262 e. The van der Waals surface area contributed by atoms with E-state index in [1.165, 1.54) is 5.57 Å². The van der Waals surface area contributed by atoms with E-state index in [0.29, 0.717) is 11.9 Å². The molecule has 0 radical (unpaired) electrons. The van der Waals surface area contributed by atoms with Crippen molar-refractivity contribution in [2.75, 3.05) is 5.88 Å². The van der Waals surface area contributed by atoms with Crippen molar-refractivity contribution in [3.63, 3.8) is 0 Å². The predicted octanol–water partition coefficient (Wildman–Crippen LogP) is 4.26. The van der Waals surface area contributed by atoms with E-state index in [1.54, 1.807) is 0 Å². The van der Waals surface area contributed by atoms with E-state index in [0.717, 1.165) is 16.6 Å². The van der Waals surface area contributed by atoms with Crippen molar-refractivity contribution in [1.82, 2.24) is 9.78 Å². The van der Waals surface area contributed by atoms with Gasteiger partial charge in [-0.15, -0.1) is 11.6 Å². The first-order valence-corrected chi connectivity index (χ1v) is 6.36. The summed E-state index contributed by atoms with van der Waals surface area (Å²) in [6.07, 6.45) is 4.88. The first-order chi connectivity index (χ1) is 7.07. The minimum absolute atomic E-state index is 0.366. The fourth-order valence-corrected chi connectivity index (χ4v) is 2.16. The number of aromatic nitrogens is 2. The zero-order chi connectivity index (χ0) is 11.4. The first kappa shape index (κ1) is 12.8. The maximum Gasteiger partial charge on any atom is 0.0781 e. The molecule has 0 aromatic carbocycles. The van der Waals surface area contributed by atoms with Crippen LogP contribution in [0.15, 0.2) is 16.7 Å². The summed E-state index contributed by atoms with van der Waals surface area (Å²) in [4.78, 5) is 0. The second kappa shape index (κ2) is 5.71. The minimum Gasteiger partial charge on any atom is -0.262 e. The lowest BCUT2D eigenvalue weighted by Crippen LogP contribution is -2.06. The van der Waals surface area contributed by atoms with Crippen LogP contribution in [0.4, 0.5) is 0 Å². The number of nitrogens with zero attached hydrogens (tertiary/aromatic N) is 2. The van der Waals surface area contributed by atoms with Gasteiger partial charge in [-0.3, -0.25) is 4.68 Å². The average molecular weight is 292 g/mol. The lowest BCUT2D eigenvalue weighted by molar-refractivity contribution is 0.526. The molecule has 0 atom stereocenters. The molecule has 0 fully saturated rings. The van der Waals surface area contributed by atoms with Gasteiger partial charge in [-0.25, -0.2) is 0 Å². The van der Waals surface area contributed by atoms with Crippen LogP contribution >= 0.6 is 27.5 Å². The van der Waals surface area contributed by atoms with Crippen LogP contribution in [0.1, 0.15) is 38.9 Å². The van der Waals surface area contributed by atoms with Gasteiger partial charge in [-0.1, -0.05) is 6.08 Å². The number of hydrogen-bond donors (Lipinski definition) is 0. The van der Waals surface area contributed by atoms with Gasteiger partial charge in [0.05, 0.1) is 16.4 Å². The number of hydrogen-bond acceptors (Lipinski definition) is 1. The van der Waals surface area contributed by atoms with Gasteiger partial charge >= 0.3 is 0 Å². The number of allylic oxidation sites excluding steroid dienone is 2. The molecule has 0 bridgehead atoms. The van der Waals surface area contributed by atoms with Crippen LogP contribution in [0.2, 0.25) is 0 Å². The molecule has 0 aliphatic rings. The van der Waals surface area contributed by atoms with Crippen molar-refractivity contribution >= 4 is 33.1 Å². The van der Waals surface area contributed by atoms with Crippen molar-refractivity contribution < 1.29 is 0 Å².